The molecule has 4 rings (SSSR count). The Morgan fingerprint density at radius 2 is 1.94 bits per heavy atom. The van der Waals surface area contributed by atoms with Gasteiger partial charge in [-0.3, -0.25) is 14.4 Å². The van der Waals surface area contributed by atoms with Crippen LogP contribution in [0, 0.1) is 11.6 Å². The molecule has 0 bridgehead atoms. The smallest absolute Gasteiger partial charge is 0.258 e. The Morgan fingerprint density at radius 3 is 2.64 bits per heavy atom. The number of carbonyl (C=O) groups excluding carboxylic acids is 1. The third-order valence-electron chi connectivity index (χ3n) is 5.68. The van der Waals surface area contributed by atoms with E-state index >= 15 is 0 Å². The molecule has 1 aliphatic rings. The van der Waals surface area contributed by atoms with Crippen LogP contribution in [0.3, 0.4) is 0 Å². The highest BCUT2D eigenvalue weighted by molar-refractivity contribution is 9.10. The number of hydrogen-bond donors (Lipinski definition) is 1. The fourth-order valence-electron chi connectivity index (χ4n) is 3.97. The van der Waals surface area contributed by atoms with Crippen LogP contribution in [0.4, 0.5) is 14.5 Å². The molecule has 0 unspecified atom stereocenters. The van der Waals surface area contributed by atoms with E-state index in [9.17, 15) is 13.6 Å². The number of amides is 1. The highest BCUT2D eigenvalue weighted by atomic mass is 79.9. The molecule has 33 heavy (non-hydrogen) atoms. The minimum absolute atomic E-state index is 0.235. The van der Waals surface area contributed by atoms with Crippen molar-refractivity contribution in [1.29, 1.82) is 0 Å². The first kappa shape index (κ1) is 23.4. The van der Waals surface area contributed by atoms with Gasteiger partial charge < -0.3 is 10.1 Å². The molecule has 1 saturated heterocycles. The quantitative estimate of drug-likeness (QED) is 0.464. The van der Waals surface area contributed by atoms with E-state index in [4.69, 9.17) is 4.74 Å². The van der Waals surface area contributed by atoms with Crippen LogP contribution in [-0.2, 0) is 7.05 Å². The van der Waals surface area contributed by atoms with E-state index in [1.54, 1.807) is 29.1 Å². The maximum absolute atomic E-state index is 14.0. The number of nitrogens with one attached hydrogen (secondary N) is 1. The van der Waals surface area contributed by atoms with Crippen LogP contribution in [-0.4, -0.2) is 46.8 Å². The van der Waals surface area contributed by atoms with Gasteiger partial charge in [-0.25, -0.2) is 8.78 Å². The maximum Gasteiger partial charge on any atom is 0.258 e. The van der Waals surface area contributed by atoms with Gasteiger partial charge in [0.1, 0.15) is 24.0 Å². The maximum atomic E-state index is 14.0. The van der Waals surface area contributed by atoms with Crippen molar-refractivity contribution in [2.45, 2.75) is 19.3 Å². The molecule has 0 aliphatic carbocycles. The molecule has 0 radical (unpaired) electrons. The number of benzene rings is 2. The summed E-state index contributed by atoms with van der Waals surface area (Å²) in [6.45, 7) is 3.56. The SMILES string of the molecule is Cn1ncc(Br)c1-c1cc(NC(=O)c2ccc(F)cc2F)ccc1OCCN1CCCCC1. The van der Waals surface area contributed by atoms with E-state index in [-0.39, 0.29) is 5.56 Å². The second-order valence-electron chi connectivity index (χ2n) is 8.00. The molecule has 2 aromatic carbocycles. The number of likely N-dealkylation sites (tertiary alicyclic amines) is 1. The number of anilines is 1. The van der Waals surface area contributed by atoms with Crippen molar-refractivity contribution in [3.63, 3.8) is 0 Å². The average Bonchev–Trinajstić information content (AvgIpc) is 3.13. The van der Waals surface area contributed by atoms with Gasteiger partial charge in [-0.2, -0.15) is 5.10 Å². The molecular weight excluding hydrogens is 494 g/mol. The van der Waals surface area contributed by atoms with Gasteiger partial charge in [0.15, 0.2) is 0 Å². The first-order valence-electron chi connectivity index (χ1n) is 10.9. The first-order valence-corrected chi connectivity index (χ1v) is 11.6. The number of halogens is 3. The van der Waals surface area contributed by atoms with E-state index in [1.807, 2.05) is 7.05 Å². The van der Waals surface area contributed by atoms with Gasteiger partial charge in [0.2, 0.25) is 0 Å². The Bertz CT molecular complexity index is 1130. The minimum atomic E-state index is -0.917. The molecule has 3 aromatic rings. The minimum Gasteiger partial charge on any atom is -0.492 e. The molecule has 1 N–H and O–H groups in total. The van der Waals surface area contributed by atoms with Crippen LogP contribution in [0.2, 0.25) is 0 Å². The van der Waals surface area contributed by atoms with E-state index in [0.29, 0.717) is 24.1 Å². The zero-order chi connectivity index (χ0) is 23.4. The van der Waals surface area contributed by atoms with Crippen molar-refractivity contribution in [2.24, 2.45) is 7.05 Å². The fourth-order valence-corrected chi connectivity index (χ4v) is 4.53. The summed E-state index contributed by atoms with van der Waals surface area (Å²) in [7, 11) is 1.82. The molecule has 2 heterocycles. The summed E-state index contributed by atoms with van der Waals surface area (Å²) < 4.78 is 35.8. The topological polar surface area (TPSA) is 59.4 Å². The monoisotopic (exact) mass is 518 g/mol. The lowest BCUT2D eigenvalue weighted by Gasteiger charge is -2.26. The molecule has 1 fully saturated rings. The largest absolute Gasteiger partial charge is 0.492 e. The van der Waals surface area contributed by atoms with Crippen LogP contribution in [0.15, 0.2) is 47.1 Å². The van der Waals surface area contributed by atoms with Gasteiger partial charge in [-0.05, 0) is 72.2 Å². The molecule has 6 nitrogen and oxygen atoms in total. The number of nitrogens with zero attached hydrogens (tertiary/aromatic N) is 3. The normalized spacial score (nSPS) is 14.3. The van der Waals surface area contributed by atoms with Crippen molar-refractivity contribution in [3.8, 4) is 17.0 Å². The lowest BCUT2D eigenvalue weighted by Crippen LogP contribution is -2.33. The number of aromatic nitrogens is 2. The number of piperidine rings is 1. The summed E-state index contributed by atoms with van der Waals surface area (Å²) in [6, 6.07) is 8.10. The van der Waals surface area contributed by atoms with E-state index in [2.05, 4.69) is 31.2 Å². The van der Waals surface area contributed by atoms with Gasteiger partial charge in [-0.1, -0.05) is 6.42 Å². The molecule has 0 saturated carbocycles. The third kappa shape index (κ3) is 5.59. The Labute approximate surface area is 199 Å². The summed E-state index contributed by atoms with van der Waals surface area (Å²) in [5.41, 5.74) is 1.74. The standard InChI is InChI=1S/C24H25BrF2N4O2/c1-30-23(20(25)15-28-30)19-14-17(29-24(32)18-7-5-16(26)13-21(18)27)6-8-22(19)33-12-11-31-9-3-2-4-10-31/h5-8,13-15H,2-4,9-12H2,1H3,(H,29,32). The number of aryl methyl sites for hydroxylation is 1. The summed E-state index contributed by atoms with van der Waals surface area (Å²) in [4.78, 5) is 15.0. The Balaban J connectivity index is 1.56. The molecule has 1 amide bonds. The summed E-state index contributed by atoms with van der Waals surface area (Å²) in [6.07, 6.45) is 5.41. The van der Waals surface area contributed by atoms with E-state index in [1.165, 1.54) is 19.3 Å². The predicted octanol–water partition coefficient (Wildman–Crippen LogP) is 5.24. The Kier molecular flexibility index (Phi) is 7.39. The van der Waals surface area contributed by atoms with Crippen molar-refractivity contribution >= 4 is 27.5 Å². The number of ether oxygens (including phenoxy) is 1. The number of rotatable bonds is 7. The van der Waals surface area contributed by atoms with Crippen LogP contribution in [0.5, 0.6) is 5.75 Å². The molecule has 0 spiro atoms. The van der Waals surface area contributed by atoms with Crippen LogP contribution < -0.4 is 10.1 Å². The van der Waals surface area contributed by atoms with Gasteiger partial charge in [0, 0.05) is 30.9 Å². The molecular formula is C24H25BrF2N4O2. The van der Waals surface area contributed by atoms with E-state index in [0.717, 1.165) is 47.5 Å². The van der Waals surface area contributed by atoms with Crippen molar-refractivity contribution in [1.82, 2.24) is 14.7 Å². The number of hydrogen-bond acceptors (Lipinski definition) is 4. The number of carbonyl (C=O) groups is 1. The second kappa shape index (κ2) is 10.4. The Morgan fingerprint density at radius 1 is 1.15 bits per heavy atom. The van der Waals surface area contributed by atoms with E-state index < -0.39 is 17.5 Å². The van der Waals surface area contributed by atoms with Crippen molar-refractivity contribution in [3.05, 3.63) is 64.3 Å². The molecule has 1 aromatic heterocycles. The van der Waals surface area contributed by atoms with Gasteiger partial charge >= 0.3 is 0 Å². The summed E-state index contributed by atoms with van der Waals surface area (Å²) in [5.74, 6) is -1.67. The zero-order valence-electron chi connectivity index (χ0n) is 18.3. The zero-order valence-corrected chi connectivity index (χ0v) is 19.9. The Hall–Kier alpha value is -2.78. The van der Waals surface area contributed by atoms with Crippen molar-refractivity contribution < 1.29 is 18.3 Å². The molecule has 1 aliphatic heterocycles. The van der Waals surface area contributed by atoms with Crippen LogP contribution in [0.1, 0.15) is 29.6 Å². The highest BCUT2D eigenvalue weighted by Gasteiger charge is 2.18. The average molecular weight is 519 g/mol. The lowest BCUT2D eigenvalue weighted by atomic mass is 10.1. The predicted molar refractivity (Wildman–Crippen MR) is 126 cm³/mol. The molecule has 0 atom stereocenters. The first-order chi connectivity index (χ1) is 15.9. The lowest BCUT2D eigenvalue weighted by molar-refractivity contribution is 0.102. The van der Waals surface area contributed by atoms with Gasteiger partial charge in [0.05, 0.1) is 21.9 Å². The van der Waals surface area contributed by atoms with Gasteiger partial charge in [-0.15, -0.1) is 0 Å². The summed E-state index contributed by atoms with van der Waals surface area (Å²) >= 11 is 3.53. The molecule has 174 valence electrons. The third-order valence-corrected chi connectivity index (χ3v) is 6.26. The van der Waals surface area contributed by atoms with Crippen molar-refractivity contribution in [2.75, 3.05) is 31.6 Å². The second-order valence-corrected chi connectivity index (χ2v) is 8.86. The fraction of sp³-hybridized carbons (Fsp3) is 0.333. The summed E-state index contributed by atoms with van der Waals surface area (Å²) in [5, 5.41) is 6.96. The van der Waals surface area contributed by atoms with Crippen LogP contribution >= 0.6 is 15.9 Å². The van der Waals surface area contributed by atoms with Gasteiger partial charge in [0.25, 0.3) is 5.91 Å². The molecule has 9 heteroatoms. The van der Waals surface area contributed by atoms with Crippen LogP contribution in [0.25, 0.3) is 11.3 Å². The highest BCUT2D eigenvalue weighted by Crippen LogP contribution is 2.37.